The molecule has 12 heteroatoms. The number of hydrogen-bond donors (Lipinski definition) is 1. The number of amides is 1. The Labute approximate surface area is 250 Å². The van der Waals surface area contributed by atoms with Crippen molar-refractivity contribution in [3.8, 4) is 16.9 Å². The average molecular weight is 607 g/mol. The third-order valence-electron chi connectivity index (χ3n) is 8.87. The van der Waals surface area contributed by atoms with Gasteiger partial charge in [0.1, 0.15) is 17.4 Å². The fraction of sp³-hybridized carbons (Fsp3) is 0.419. The molecule has 43 heavy (non-hydrogen) atoms. The molecule has 0 radical (unpaired) electrons. The van der Waals surface area contributed by atoms with Crippen LogP contribution in [0.1, 0.15) is 86.1 Å². The van der Waals surface area contributed by atoms with Crippen LogP contribution in [0, 0.1) is 0 Å². The summed E-state index contributed by atoms with van der Waals surface area (Å²) in [7, 11) is 0.470. The van der Waals surface area contributed by atoms with Crippen LogP contribution in [0.15, 0.2) is 48.8 Å². The second kappa shape index (κ2) is 9.88. The minimum absolute atomic E-state index is 0.000618. The summed E-state index contributed by atoms with van der Waals surface area (Å²) in [6, 6.07) is 9.87. The highest BCUT2D eigenvalue weighted by molar-refractivity contribution is 7.84. The molecule has 2 aliphatic heterocycles. The molecule has 1 unspecified atom stereocenters. The molecule has 4 aromatic rings. The number of halogens is 2. The molecule has 1 amide bonds. The molecule has 1 N–H and O–H groups in total. The number of alkyl halides is 2. The van der Waals surface area contributed by atoms with Crippen LogP contribution in [0.4, 0.5) is 8.78 Å². The summed E-state index contributed by atoms with van der Waals surface area (Å²) in [4.78, 5) is 29.3. The smallest absolute Gasteiger partial charge is 0.387 e. The van der Waals surface area contributed by atoms with Crippen LogP contribution >= 0.6 is 0 Å². The predicted octanol–water partition coefficient (Wildman–Crippen LogP) is 5.65. The number of imidazole rings is 1. The molecule has 4 heterocycles. The van der Waals surface area contributed by atoms with Crippen molar-refractivity contribution in [1.29, 1.82) is 0 Å². The summed E-state index contributed by atoms with van der Waals surface area (Å²) >= 11 is 0. The fourth-order valence-electron chi connectivity index (χ4n) is 6.42. The van der Waals surface area contributed by atoms with E-state index in [0.29, 0.717) is 29.2 Å². The van der Waals surface area contributed by atoms with Gasteiger partial charge in [0.15, 0.2) is 0 Å². The molecule has 224 valence electrons. The third-order valence-corrected chi connectivity index (χ3v) is 10.6. The second-order valence-corrected chi connectivity index (χ2v) is 14.5. The van der Waals surface area contributed by atoms with Crippen LogP contribution in [-0.4, -0.2) is 52.9 Å². The molecule has 0 saturated heterocycles. The van der Waals surface area contributed by atoms with Gasteiger partial charge in [0, 0.05) is 42.6 Å². The van der Waals surface area contributed by atoms with Gasteiger partial charge >= 0.3 is 6.61 Å². The first-order chi connectivity index (χ1) is 20.5. The molecule has 1 saturated carbocycles. The van der Waals surface area contributed by atoms with Crippen molar-refractivity contribution >= 4 is 27.9 Å². The van der Waals surface area contributed by atoms with E-state index in [0.717, 1.165) is 41.4 Å². The van der Waals surface area contributed by atoms with Crippen LogP contribution in [0.25, 0.3) is 22.2 Å². The molecular formula is C31H32F2N6O3S. The van der Waals surface area contributed by atoms with Gasteiger partial charge in [0.25, 0.3) is 5.91 Å². The second-order valence-electron chi connectivity index (χ2n) is 12.5. The van der Waals surface area contributed by atoms with E-state index >= 15 is 0 Å². The van der Waals surface area contributed by atoms with Gasteiger partial charge in [-0.05, 0) is 69.9 Å². The summed E-state index contributed by atoms with van der Waals surface area (Å²) in [5, 5.41) is 0. The molecular weight excluding hydrogens is 574 g/mol. The Hall–Kier alpha value is -3.77. The molecule has 9 nitrogen and oxygen atoms in total. The maximum Gasteiger partial charge on any atom is 0.387 e. The van der Waals surface area contributed by atoms with Gasteiger partial charge in [-0.15, -0.1) is 0 Å². The van der Waals surface area contributed by atoms with Crippen LogP contribution in [0.3, 0.4) is 0 Å². The lowest BCUT2D eigenvalue weighted by atomic mass is 9.77. The van der Waals surface area contributed by atoms with Crippen molar-refractivity contribution in [3.05, 3.63) is 71.6 Å². The maximum atomic E-state index is 13.4. The summed E-state index contributed by atoms with van der Waals surface area (Å²) in [5.74, 6) is 1.10. The van der Waals surface area contributed by atoms with Crippen molar-refractivity contribution in [3.63, 3.8) is 0 Å². The Morgan fingerprint density at radius 1 is 1.09 bits per heavy atom. The first kappa shape index (κ1) is 28.0. The number of benzene rings is 2. The van der Waals surface area contributed by atoms with Crippen molar-refractivity contribution in [2.45, 2.75) is 75.4 Å². The number of nitrogens with zero attached hydrogens (tertiary/aromatic N) is 5. The number of carbonyl (C=O) groups excluding carboxylic acids is 1. The van der Waals surface area contributed by atoms with Crippen molar-refractivity contribution < 1.29 is 22.5 Å². The Kier molecular flexibility index (Phi) is 6.44. The highest BCUT2D eigenvalue weighted by Crippen LogP contribution is 2.50. The van der Waals surface area contributed by atoms with Gasteiger partial charge in [0.05, 0.1) is 44.4 Å². The van der Waals surface area contributed by atoms with E-state index in [-0.39, 0.29) is 17.7 Å². The van der Waals surface area contributed by atoms with E-state index in [9.17, 15) is 17.8 Å². The summed E-state index contributed by atoms with van der Waals surface area (Å²) in [6.45, 7) is 2.79. The quantitative estimate of drug-likeness (QED) is 0.305. The lowest BCUT2D eigenvalue weighted by molar-refractivity contribution is -0.0507. The average Bonchev–Trinajstić information content (AvgIpc) is 3.47. The molecule has 1 aliphatic carbocycles. The van der Waals surface area contributed by atoms with Gasteiger partial charge in [-0.25, -0.2) is 23.9 Å². The molecule has 1 fully saturated rings. The third kappa shape index (κ3) is 4.45. The van der Waals surface area contributed by atoms with Crippen molar-refractivity contribution in [2.24, 2.45) is 0 Å². The minimum Gasteiger partial charge on any atom is -0.434 e. The largest absolute Gasteiger partial charge is 0.434 e. The highest BCUT2D eigenvalue weighted by Gasteiger charge is 2.46. The Morgan fingerprint density at radius 3 is 2.49 bits per heavy atom. The topological polar surface area (TPSA) is 102 Å². The molecule has 3 atom stereocenters. The van der Waals surface area contributed by atoms with Crippen LogP contribution in [0.5, 0.6) is 5.75 Å². The van der Waals surface area contributed by atoms with E-state index in [1.165, 1.54) is 6.07 Å². The highest BCUT2D eigenvalue weighted by atomic mass is 32.2. The predicted molar refractivity (Wildman–Crippen MR) is 158 cm³/mol. The fourth-order valence-corrected chi connectivity index (χ4v) is 7.37. The molecule has 2 aromatic heterocycles. The summed E-state index contributed by atoms with van der Waals surface area (Å²) in [5.41, 5.74) is 3.54. The monoisotopic (exact) mass is 606 g/mol. The molecule has 7 rings (SSSR count). The number of carbonyl (C=O) groups is 1. The normalized spacial score (nSPS) is 21.4. The zero-order valence-corrected chi connectivity index (χ0v) is 25.1. The van der Waals surface area contributed by atoms with Crippen molar-refractivity contribution in [2.75, 3.05) is 7.05 Å². The molecule has 3 aliphatic rings. The number of nitrogens with one attached hydrogen (secondary N) is 1. The number of rotatable bonds is 6. The first-order valence-electron chi connectivity index (χ1n) is 14.4. The van der Waals surface area contributed by atoms with E-state index in [4.69, 9.17) is 19.7 Å². The van der Waals surface area contributed by atoms with E-state index < -0.39 is 33.9 Å². The number of hydrogen-bond acceptors (Lipinski definition) is 6. The Balaban J connectivity index is 1.28. The van der Waals surface area contributed by atoms with E-state index in [1.807, 2.05) is 43.5 Å². The van der Waals surface area contributed by atoms with Crippen LogP contribution < -0.4 is 9.46 Å². The van der Waals surface area contributed by atoms with Gasteiger partial charge in [-0.2, -0.15) is 8.78 Å². The Morgan fingerprint density at radius 2 is 1.84 bits per heavy atom. The van der Waals surface area contributed by atoms with Crippen LogP contribution in [-0.2, 0) is 16.5 Å². The summed E-state index contributed by atoms with van der Waals surface area (Å²) in [6.07, 6.45) is 6.72. The lowest BCUT2D eigenvalue weighted by Gasteiger charge is -2.42. The van der Waals surface area contributed by atoms with E-state index in [2.05, 4.69) is 4.72 Å². The molecule has 2 bridgehead atoms. The van der Waals surface area contributed by atoms with Crippen molar-refractivity contribution in [1.82, 2.24) is 29.1 Å². The molecule has 2 aromatic carbocycles. The zero-order valence-electron chi connectivity index (χ0n) is 24.3. The van der Waals surface area contributed by atoms with E-state index in [1.54, 1.807) is 36.5 Å². The first-order valence-corrected chi connectivity index (χ1v) is 15.5. The van der Waals surface area contributed by atoms with Gasteiger partial charge in [-0.3, -0.25) is 4.79 Å². The lowest BCUT2D eigenvalue weighted by Crippen LogP contribution is -2.53. The minimum atomic E-state index is -3.02. The number of fused-ring (bicyclic) bond motifs is 9. The standard InChI is InChI=1S/C31H32F2N6O3S/c1-30(2,3)43(41)37-31(11-6-12-31)28-34-15-18(16-35-28)17-9-10-20-21(13-17)39-22-14-23(26(39)36-20)38(4)27(40)19-7-5-8-24(25(19)22)42-29(32)33/h5,7-10,13,15-16,22-23,29,37H,6,11-12,14H2,1-4H3/t22-,23-,43?/m1/s1. The van der Waals surface area contributed by atoms with Gasteiger partial charge in [-0.1, -0.05) is 12.1 Å². The van der Waals surface area contributed by atoms with Gasteiger partial charge in [0.2, 0.25) is 0 Å². The Bertz CT molecular complexity index is 1780. The number of ether oxygens (including phenoxy) is 1. The van der Waals surface area contributed by atoms with Crippen LogP contribution in [0.2, 0.25) is 0 Å². The molecule has 0 spiro atoms. The SMILES string of the molecule is CN1C(=O)c2cccc(OC(F)F)c2[C@H]2C[C@@H]1c1nc3ccc(-c4cnc(C5(NS(=O)C(C)(C)C)CCC5)nc4)cc3n12. The zero-order chi connectivity index (χ0) is 30.3. The van der Waals surface area contributed by atoms with Gasteiger partial charge < -0.3 is 14.2 Å². The number of aromatic nitrogens is 4. The maximum absolute atomic E-state index is 13.4. The summed E-state index contributed by atoms with van der Waals surface area (Å²) < 4.78 is 49.6.